The van der Waals surface area contributed by atoms with Crippen LogP contribution in [0.15, 0.2) is 42.7 Å². The van der Waals surface area contributed by atoms with Gasteiger partial charge in [-0.25, -0.2) is 4.79 Å². The maximum atomic E-state index is 10.4. The molecule has 1 amide bonds. The summed E-state index contributed by atoms with van der Waals surface area (Å²) in [6.07, 6.45) is 7.30. The highest BCUT2D eigenvalue weighted by molar-refractivity contribution is 5.82. The predicted molar refractivity (Wildman–Crippen MR) is 71.8 cm³/mol. The first kappa shape index (κ1) is 12.8. The minimum atomic E-state index is -1.06. The summed E-state index contributed by atoms with van der Waals surface area (Å²) in [4.78, 5) is 10.4. The van der Waals surface area contributed by atoms with Crippen LogP contribution in [-0.4, -0.2) is 26.2 Å². The number of hydrogen-bond acceptors (Lipinski definition) is 3. The lowest BCUT2D eigenvalue weighted by Gasteiger charge is -2.00. The minimum absolute atomic E-state index is 0.562. The highest BCUT2D eigenvalue weighted by atomic mass is 16.4. The Bertz CT molecular complexity index is 547. The normalized spacial score (nSPS) is 10.7. The summed E-state index contributed by atoms with van der Waals surface area (Å²) in [5, 5.41) is 18.4. The van der Waals surface area contributed by atoms with Crippen LogP contribution in [0.1, 0.15) is 12.0 Å². The maximum Gasteiger partial charge on any atom is 0.409 e. The molecule has 6 heteroatoms. The summed E-state index contributed by atoms with van der Waals surface area (Å²) >= 11 is 0. The number of nitrogens with one attached hydrogen (secondary N) is 1. The van der Waals surface area contributed by atoms with Gasteiger partial charge in [-0.15, -0.1) is 5.10 Å². The molecule has 0 bridgehead atoms. The molecule has 0 aliphatic heterocycles. The molecule has 6 nitrogen and oxygen atoms in total. The molecule has 98 valence electrons. The number of allylic oxidation sites excluding steroid dienone is 1. The average Bonchev–Trinajstić information content (AvgIpc) is 2.89. The van der Waals surface area contributed by atoms with Gasteiger partial charge in [-0.3, -0.25) is 10.00 Å². The van der Waals surface area contributed by atoms with Gasteiger partial charge in [0.05, 0.1) is 6.20 Å². The Kier molecular flexibility index (Phi) is 4.28. The molecule has 0 atom stereocenters. The number of carboxylic acid groups (broad SMARTS) is 1. The summed E-state index contributed by atoms with van der Waals surface area (Å²) in [5.74, 6) is 0. The van der Waals surface area contributed by atoms with Crippen molar-refractivity contribution in [3.8, 4) is 0 Å². The topological polar surface area (TPSA) is 80.0 Å². The number of hydrogen-bond donors (Lipinski definition) is 2. The molecule has 2 rings (SSSR count). The van der Waals surface area contributed by atoms with Crippen LogP contribution < -0.4 is 5.32 Å². The number of benzene rings is 1. The standard InChI is InChI=1S/C13H14N4O2/c18-13(19)15-12-6-4-11(5-7-12)3-1-2-9-17-10-8-14-16-17/h1,3-8,10,15H,2,9H2,(H,18,19)/b3-1+. The van der Waals surface area contributed by atoms with E-state index in [0.29, 0.717) is 5.69 Å². The van der Waals surface area contributed by atoms with E-state index >= 15 is 0 Å². The molecule has 1 aromatic heterocycles. The van der Waals surface area contributed by atoms with Crippen molar-refractivity contribution >= 4 is 17.9 Å². The van der Waals surface area contributed by atoms with E-state index in [2.05, 4.69) is 15.6 Å². The van der Waals surface area contributed by atoms with Crippen LogP contribution in [0.5, 0.6) is 0 Å². The van der Waals surface area contributed by atoms with E-state index in [1.54, 1.807) is 23.0 Å². The molecule has 19 heavy (non-hydrogen) atoms. The fourth-order valence-electron chi connectivity index (χ4n) is 1.58. The van der Waals surface area contributed by atoms with Crippen LogP contribution in [0.4, 0.5) is 10.5 Å². The summed E-state index contributed by atoms with van der Waals surface area (Å²) in [7, 11) is 0. The third-order valence-corrected chi connectivity index (χ3v) is 2.47. The van der Waals surface area contributed by atoms with Gasteiger partial charge in [0.15, 0.2) is 0 Å². The summed E-state index contributed by atoms with van der Waals surface area (Å²) in [6, 6.07) is 7.17. The molecule has 0 aliphatic rings. The van der Waals surface area contributed by atoms with Crippen LogP contribution in [-0.2, 0) is 6.54 Å². The zero-order valence-electron chi connectivity index (χ0n) is 10.2. The molecule has 0 radical (unpaired) electrons. The van der Waals surface area contributed by atoms with Gasteiger partial charge in [0.2, 0.25) is 0 Å². The summed E-state index contributed by atoms with van der Waals surface area (Å²) in [6.45, 7) is 0.787. The van der Waals surface area contributed by atoms with Crippen LogP contribution in [0.25, 0.3) is 6.08 Å². The molecule has 0 unspecified atom stereocenters. The fraction of sp³-hybridized carbons (Fsp3) is 0.154. The van der Waals surface area contributed by atoms with Crippen molar-refractivity contribution in [2.45, 2.75) is 13.0 Å². The minimum Gasteiger partial charge on any atom is -0.465 e. The number of aromatic nitrogens is 3. The Balaban J connectivity index is 1.83. The smallest absolute Gasteiger partial charge is 0.409 e. The number of aryl methyl sites for hydroxylation is 1. The SMILES string of the molecule is O=C(O)Nc1ccc(/C=C/CCn2ccnn2)cc1. The molecule has 0 saturated carbocycles. The van der Waals surface area contributed by atoms with Gasteiger partial charge in [0, 0.05) is 18.4 Å². The molecule has 2 aromatic rings. The number of nitrogens with zero attached hydrogens (tertiary/aromatic N) is 3. The number of anilines is 1. The van der Waals surface area contributed by atoms with Gasteiger partial charge in [-0.2, -0.15) is 0 Å². The number of rotatable bonds is 5. The van der Waals surface area contributed by atoms with Crippen LogP contribution >= 0.6 is 0 Å². The zero-order valence-corrected chi connectivity index (χ0v) is 10.2. The lowest BCUT2D eigenvalue weighted by molar-refractivity contribution is 0.210. The van der Waals surface area contributed by atoms with Gasteiger partial charge in [0.25, 0.3) is 0 Å². The first-order valence-electron chi connectivity index (χ1n) is 5.85. The van der Waals surface area contributed by atoms with Gasteiger partial charge in [-0.1, -0.05) is 29.5 Å². The van der Waals surface area contributed by atoms with Crippen molar-refractivity contribution in [1.29, 1.82) is 0 Å². The molecule has 1 heterocycles. The summed E-state index contributed by atoms with van der Waals surface area (Å²) in [5.41, 5.74) is 1.58. The second-order valence-electron chi connectivity index (χ2n) is 3.91. The highest BCUT2D eigenvalue weighted by Gasteiger charge is 1.96. The van der Waals surface area contributed by atoms with E-state index in [1.807, 2.05) is 30.5 Å². The van der Waals surface area contributed by atoms with Crippen molar-refractivity contribution in [1.82, 2.24) is 15.0 Å². The summed E-state index contributed by atoms with van der Waals surface area (Å²) < 4.78 is 1.77. The quantitative estimate of drug-likeness (QED) is 0.863. The molecule has 2 N–H and O–H groups in total. The lowest BCUT2D eigenvalue weighted by atomic mass is 10.2. The van der Waals surface area contributed by atoms with E-state index in [9.17, 15) is 4.79 Å². The second-order valence-corrected chi connectivity index (χ2v) is 3.91. The molecule has 0 aliphatic carbocycles. The largest absolute Gasteiger partial charge is 0.465 e. The molecular formula is C13H14N4O2. The number of amides is 1. The average molecular weight is 258 g/mol. The van der Waals surface area contributed by atoms with Crippen molar-refractivity contribution in [2.24, 2.45) is 0 Å². The fourth-order valence-corrected chi connectivity index (χ4v) is 1.58. The monoisotopic (exact) mass is 258 g/mol. The Morgan fingerprint density at radius 1 is 1.37 bits per heavy atom. The Morgan fingerprint density at radius 2 is 2.16 bits per heavy atom. The third kappa shape index (κ3) is 4.27. The molecule has 0 spiro atoms. The first-order chi connectivity index (χ1) is 9.24. The highest BCUT2D eigenvalue weighted by Crippen LogP contribution is 2.11. The lowest BCUT2D eigenvalue weighted by Crippen LogP contribution is -2.06. The van der Waals surface area contributed by atoms with Gasteiger partial charge in [0.1, 0.15) is 0 Å². The van der Waals surface area contributed by atoms with Crippen molar-refractivity contribution in [2.75, 3.05) is 5.32 Å². The van der Waals surface area contributed by atoms with Crippen LogP contribution in [0.2, 0.25) is 0 Å². The van der Waals surface area contributed by atoms with Gasteiger partial charge >= 0.3 is 6.09 Å². The number of carbonyl (C=O) groups is 1. The molecular weight excluding hydrogens is 244 g/mol. The van der Waals surface area contributed by atoms with Crippen LogP contribution in [0, 0.1) is 0 Å². The second kappa shape index (κ2) is 6.34. The van der Waals surface area contributed by atoms with E-state index < -0.39 is 6.09 Å². The molecule has 0 saturated heterocycles. The molecule has 1 aromatic carbocycles. The third-order valence-electron chi connectivity index (χ3n) is 2.47. The van der Waals surface area contributed by atoms with E-state index in [0.717, 1.165) is 18.5 Å². The maximum absolute atomic E-state index is 10.4. The van der Waals surface area contributed by atoms with Crippen molar-refractivity contribution < 1.29 is 9.90 Å². The predicted octanol–water partition coefficient (Wildman–Crippen LogP) is 2.47. The Morgan fingerprint density at radius 3 is 2.79 bits per heavy atom. The van der Waals surface area contributed by atoms with E-state index in [4.69, 9.17) is 5.11 Å². The van der Waals surface area contributed by atoms with E-state index in [1.165, 1.54) is 0 Å². The van der Waals surface area contributed by atoms with Gasteiger partial charge < -0.3 is 5.11 Å². The first-order valence-corrected chi connectivity index (χ1v) is 5.85. The Labute approximate surface area is 110 Å². The van der Waals surface area contributed by atoms with E-state index in [-0.39, 0.29) is 0 Å². The van der Waals surface area contributed by atoms with Crippen molar-refractivity contribution in [3.63, 3.8) is 0 Å². The Hall–Kier alpha value is -2.63. The molecule has 0 fully saturated rings. The zero-order chi connectivity index (χ0) is 13.5. The van der Waals surface area contributed by atoms with Gasteiger partial charge in [-0.05, 0) is 24.1 Å². The van der Waals surface area contributed by atoms with Crippen LogP contribution in [0.3, 0.4) is 0 Å². The van der Waals surface area contributed by atoms with Crippen molar-refractivity contribution in [3.05, 3.63) is 48.3 Å².